The van der Waals surface area contributed by atoms with Crippen molar-refractivity contribution >= 4 is 6.21 Å². The number of benzene rings is 2. The molecule has 1 N–H and O–H groups in total. The zero-order valence-electron chi connectivity index (χ0n) is 12.1. The van der Waals surface area contributed by atoms with Gasteiger partial charge in [-0.3, -0.25) is 0 Å². The van der Waals surface area contributed by atoms with Gasteiger partial charge in [0.25, 0.3) is 0 Å². The first kappa shape index (κ1) is 15.2. The van der Waals surface area contributed by atoms with Crippen molar-refractivity contribution in [1.82, 2.24) is 0 Å². The van der Waals surface area contributed by atoms with Crippen molar-refractivity contribution in [3.8, 4) is 0 Å². The van der Waals surface area contributed by atoms with Crippen LogP contribution in [0.15, 0.2) is 47.6 Å². The highest BCUT2D eigenvalue weighted by molar-refractivity contribution is 5.79. The number of hydrogen-bond donors (Lipinski definition) is 1. The number of aryl methyl sites for hydroxylation is 1. The number of hydrogen-bond acceptors (Lipinski definition) is 3. The summed E-state index contributed by atoms with van der Waals surface area (Å²) < 4.78 is 18.9. The molecule has 4 heteroatoms. The molecule has 0 amide bonds. The van der Waals surface area contributed by atoms with Gasteiger partial charge in [-0.15, -0.1) is 0 Å². The normalized spacial score (nSPS) is 12.7. The lowest BCUT2D eigenvalue weighted by Gasteiger charge is -2.20. The summed E-state index contributed by atoms with van der Waals surface area (Å²) in [6.07, 6.45) is 1.14. The molecule has 0 aromatic heterocycles. The van der Waals surface area contributed by atoms with Gasteiger partial charge in [-0.2, -0.15) is 0 Å². The third-order valence-electron chi connectivity index (χ3n) is 3.29. The van der Waals surface area contributed by atoms with Gasteiger partial charge < -0.3 is 9.94 Å². The van der Waals surface area contributed by atoms with Gasteiger partial charge in [0, 0.05) is 6.61 Å². The van der Waals surface area contributed by atoms with E-state index in [0.717, 1.165) is 22.3 Å². The summed E-state index contributed by atoms with van der Waals surface area (Å²) in [4.78, 5) is 0. The van der Waals surface area contributed by atoms with Gasteiger partial charge in [0.2, 0.25) is 0 Å². The number of ether oxygens (including phenoxy) is 1. The zero-order valence-corrected chi connectivity index (χ0v) is 12.1. The predicted octanol–water partition coefficient (Wildman–Crippen LogP) is 4.07. The van der Waals surface area contributed by atoms with Crippen LogP contribution >= 0.6 is 0 Å². The van der Waals surface area contributed by atoms with Crippen molar-refractivity contribution in [3.63, 3.8) is 0 Å². The summed E-state index contributed by atoms with van der Waals surface area (Å²) in [7, 11) is 0. The Balaban J connectivity index is 2.40. The minimum Gasteiger partial charge on any atom is -0.411 e. The topological polar surface area (TPSA) is 41.8 Å². The van der Waals surface area contributed by atoms with Crippen molar-refractivity contribution in [3.05, 3.63) is 70.5 Å². The summed E-state index contributed by atoms with van der Waals surface area (Å²) in [6, 6.07) is 12.1. The Bertz CT molecular complexity index is 623. The van der Waals surface area contributed by atoms with E-state index in [1.54, 1.807) is 12.1 Å². The molecule has 0 spiro atoms. The molecule has 0 fully saturated rings. The molecule has 110 valence electrons. The first-order valence-electron chi connectivity index (χ1n) is 6.80. The van der Waals surface area contributed by atoms with E-state index in [2.05, 4.69) is 5.16 Å². The maximum absolute atomic E-state index is 13.1. The molecule has 0 radical (unpaired) electrons. The van der Waals surface area contributed by atoms with Crippen LogP contribution in [0, 0.1) is 12.7 Å². The third-order valence-corrected chi connectivity index (χ3v) is 3.29. The smallest absolute Gasteiger partial charge is 0.123 e. The van der Waals surface area contributed by atoms with Gasteiger partial charge in [0.05, 0.1) is 6.21 Å². The van der Waals surface area contributed by atoms with Crippen molar-refractivity contribution in [1.29, 1.82) is 0 Å². The Labute approximate surface area is 123 Å². The lowest BCUT2D eigenvalue weighted by atomic mass is 9.96. The van der Waals surface area contributed by atoms with E-state index in [1.165, 1.54) is 18.3 Å². The van der Waals surface area contributed by atoms with E-state index in [0.29, 0.717) is 6.61 Å². The maximum atomic E-state index is 13.1. The van der Waals surface area contributed by atoms with E-state index < -0.39 is 0 Å². The fraction of sp³-hybridized carbons (Fsp3) is 0.235. The van der Waals surface area contributed by atoms with E-state index in [1.807, 2.05) is 32.0 Å². The summed E-state index contributed by atoms with van der Waals surface area (Å²) in [5.74, 6) is -0.264. The largest absolute Gasteiger partial charge is 0.411 e. The molecule has 3 nitrogen and oxygen atoms in total. The highest BCUT2D eigenvalue weighted by Gasteiger charge is 2.16. The average molecular weight is 287 g/mol. The lowest BCUT2D eigenvalue weighted by molar-refractivity contribution is 0.0909. The Kier molecular flexibility index (Phi) is 5.06. The van der Waals surface area contributed by atoms with Gasteiger partial charge in [-0.05, 0) is 54.3 Å². The molecule has 1 unspecified atom stereocenters. The van der Waals surface area contributed by atoms with Crippen LogP contribution in [0.1, 0.15) is 35.3 Å². The minimum absolute atomic E-state index is 0.240. The van der Waals surface area contributed by atoms with Crippen LogP contribution in [0.2, 0.25) is 0 Å². The fourth-order valence-electron chi connectivity index (χ4n) is 2.31. The summed E-state index contributed by atoms with van der Waals surface area (Å²) in [5, 5.41) is 11.6. The van der Waals surface area contributed by atoms with Crippen LogP contribution < -0.4 is 0 Å². The second kappa shape index (κ2) is 6.99. The monoisotopic (exact) mass is 287 g/mol. The molecule has 0 bridgehead atoms. The molecule has 2 aromatic rings. The Morgan fingerprint density at radius 3 is 2.52 bits per heavy atom. The van der Waals surface area contributed by atoms with Gasteiger partial charge in [0.1, 0.15) is 11.9 Å². The molecule has 1 atom stereocenters. The molecule has 0 aliphatic carbocycles. The average Bonchev–Trinajstić information content (AvgIpc) is 2.47. The van der Waals surface area contributed by atoms with Crippen molar-refractivity contribution < 1.29 is 14.3 Å². The van der Waals surface area contributed by atoms with Gasteiger partial charge in [0.15, 0.2) is 0 Å². The van der Waals surface area contributed by atoms with E-state index in [9.17, 15) is 4.39 Å². The van der Waals surface area contributed by atoms with E-state index in [-0.39, 0.29) is 11.9 Å². The van der Waals surface area contributed by atoms with Crippen LogP contribution in [0.3, 0.4) is 0 Å². The van der Waals surface area contributed by atoms with Crippen LogP contribution in [-0.2, 0) is 4.74 Å². The number of nitrogens with zero attached hydrogens (tertiary/aromatic N) is 1. The molecule has 0 saturated heterocycles. The second-order valence-corrected chi connectivity index (χ2v) is 4.75. The molecule has 0 aliphatic rings. The molecular formula is C17H18FNO2. The standard InChI is InChI=1S/C17H18FNO2/c1-3-21-17(14-5-7-15(18)8-6-14)16-9-4-13(11-19-20)10-12(16)2/h4-11,17,20H,3H2,1-2H3/b19-11+. The minimum atomic E-state index is -0.264. The van der Waals surface area contributed by atoms with Crippen molar-refractivity contribution in [2.75, 3.05) is 6.61 Å². The second-order valence-electron chi connectivity index (χ2n) is 4.75. The molecule has 0 aliphatic heterocycles. The predicted molar refractivity (Wildman–Crippen MR) is 80.4 cm³/mol. The first-order chi connectivity index (χ1) is 10.2. The van der Waals surface area contributed by atoms with E-state index in [4.69, 9.17) is 9.94 Å². The van der Waals surface area contributed by atoms with Gasteiger partial charge in [-0.25, -0.2) is 4.39 Å². The molecular weight excluding hydrogens is 269 g/mol. The fourth-order valence-corrected chi connectivity index (χ4v) is 2.31. The molecule has 2 rings (SSSR count). The molecule has 21 heavy (non-hydrogen) atoms. The van der Waals surface area contributed by atoms with Gasteiger partial charge >= 0.3 is 0 Å². The third kappa shape index (κ3) is 3.67. The quantitative estimate of drug-likeness (QED) is 0.511. The number of halogens is 1. The maximum Gasteiger partial charge on any atom is 0.123 e. The highest BCUT2D eigenvalue weighted by atomic mass is 19.1. The van der Waals surface area contributed by atoms with Gasteiger partial charge in [-0.1, -0.05) is 29.4 Å². The van der Waals surface area contributed by atoms with Crippen LogP contribution in [-0.4, -0.2) is 18.0 Å². The Morgan fingerprint density at radius 2 is 1.95 bits per heavy atom. The van der Waals surface area contributed by atoms with Crippen LogP contribution in [0.25, 0.3) is 0 Å². The Hall–Kier alpha value is -2.20. The lowest BCUT2D eigenvalue weighted by Crippen LogP contribution is -2.08. The number of oxime groups is 1. The summed E-state index contributed by atoms with van der Waals surface area (Å²) >= 11 is 0. The van der Waals surface area contributed by atoms with Crippen LogP contribution in [0.4, 0.5) is 4.39 Å². The van der Waals surface area contributed by atoms with Crippen molar-refractivity contribution in [2.24, 2.45) is 5.16 Å². The van der Waals surface area contributed by atoms with Crippen LogP contribution in [0.5, 0.6) is 0 Å². The first-order valence-corrected chi connectivity index (χ1v) is 6.80. The molecule has 0 heterocycles. The zero-order chi connectivity index (χ0) is 15.2. The summed E-state index contributed by atoms with van der Waals surface area (Å²) in [5.41, 5.74) is 3.76. The highest BCUT2D eigenvalue weighted by Crippen LogP contribution is 2.29. The van der Waals surface area contributed by atoms with E-state index >= 15 is 0 Å². The summed E-state index contributed by atoms with van der Waals surface area (Å²) in [6.45, 7) is 4.46. The Morgan fingerprint density at radius 1 is 1.24 bits per heavy atom. The van der Waals surface area contributed by atoms with Crippen molar-refractivity contribution in [2.45, 2.75) is 20.0 Å². The number of rotatable bonds is 5. The SMILES string of the molecule is CCOC(c1ccc(F)cc1)c1ccc(/C=N/O)cc1C. The molecule has 0 saturated carbocycles. The molecule has 2 aromatic carbocycles.